The molecule has 0 fully saturated rings. The molecule has 0 bridgehead atoms. The van der Waals surface area contributed by atoms with Gasteiger partial charge in [-0.1, -0.05) is 104 Å². The van der Waals surface area contributed by atoms with Gasteiger partial charge in [0.2, 0.25) is 0 Å². The maximum Gasteiger partial charge on any atom is -0.0224 e. The number of rotatable bonds is 4. The first-order valence-corrected chi connectivity index (χ1v) is 8.19. The predicted molar refractivity (Wildman–Crippen MR) is 102 cm³/mol. The van der Waals surface area contributed by atoms with Crippen LogP contribution in [0.1, 0.15) is 30.0 Å². The molecule has 0 saturated carbocycles. The average Bonchev–Trinajstić information content (AvgIpc) is 2.61. The Morgan fingerprint density at radius 1 is 0.739 bits per heavy atom. The highest BCUT2D eigenvalue weighted by atomic mass is 14.1. The normalized spacial score (nSPS) is 17.8. The second kappa shape index (κ2) is 7.60. The van der Waals surface area contributed by atoms with Gasteiger partial charge in [0.05, 0.1) is 0 Å². The minimum atomic E-state index is 0.669. The molecule has 0 heterocycles. The number of hydrogen-bond donors (Lipinski definition) is 0. The standard InChI is InChI=1S/C23H22/c1-19-7-9-21(10-8-19)13-14-23-17-15-22(16-18-23)12-11-20-5-3-2-4-6-20/h2-7,9-19H,8H2,1H3/b12-11+,14-13+. The van der Waals surface area contributed by atoms with Crippen LogP contribution in [0.2, 0.25) is 0 Å². The van der Waals surface area contributed by atoms with Crippen LogP contribution in [-0.2, 0) is 0 Å². The van der Waals surface area contributed by atoms with Gasteiger partial charge in [-0.25, -0.2) is 0 Å². The second-order valence-corrected chi connectivity index (χ2v) is 6.02. The molecule has 1 aliphatic rings. The summed E-state index contributed by atoms with van der Waals surface area (Å²) in [6.45, 7) is 2.25. The molecular formula is C23H22. The van der Waals surface area contributed by atoms with E-state index in [1.807, 2.05) is 6.07 Å². The quantitative estimate of drug-likeness (QED) is 0.573. The van der Waals surface area contributed by atoms with Crippen molar-refractivity contribution in [3.63, 3.8) is 0 Å². The summed E-state index contributed by atoms with van der Waals surface area (Å²) in [7, 11) is 0. The zero-order chi connectivity index (χ0) is 15.9. The van der Waals surface area contributed by atoms with E-state index in [9.17, 15) is 0 Å². The zero-order valence-corrected chi connectivity index (χ0v) is 13.5. The Balaban J connectivity index is 1.63. The van der Waals surface area contributed by atoms with Crippen molar-refractivity contribution in [2.75, 3.05) is 0 Å². The van der Waals surface area contributed by atoms with Crippen molar-refractivity contribution in [1.29, 1.82) is 0 Å². The van der Waals surface area contributed by atoms with Gasteiger partial charge in [0.1, 0.15) is 0 Å². The monoisotopic (exact) mass is 298 g/mol. The van der Waals surface area contributed by atoms with Crippen molar-refractivity contribution in [2.24, 2.45) is 5.92 Å². The molecule has 1 atom stereocenters. The predicted octanol–water partition coefficient (Wildman–Crippen LogP) is 6.39. The van der Waals surface area contributed by atoms with Gasteiger partial charge in [0.25, 0.3) is 0 Å². The van der Waals surface area contributed by atoms with Gasteiger partial charge in [0.15, 0.2) is 0 Å². The van der Waals surface area contributed by atoms with Crippen LogP contribution in [0.3, 0.4) is 0 Å². The topological polar surface area (TPSA) is 0 Å². The van der Waals surface area contributed by atoms with E-state index < -0.39 is 0 Å². The molecule has 1 aliphatic carbocycles. The molecular weight excluding hydrogens is 276 g/mol. The lowest BCUT2D eigenvalue weighted by atomic mass is 9.98. The lowest BCUT2D eigenvalue weighted by Crippen LogP contribution is -1.92. The first kappa shape index (κ1) is 15.3. The van der Waals surface area contributed by atoms with Crippen LogP contribution in [0.15, 0.2) is 84.5 Å². The van der Waals surface area contributed by atoms with Crippen LogP contribution in [0.25, 0.3) is 18.2 Å². The van der Waals surface area contributed by atoms with Crippen molar-refractivity contribution in [3.05, 3.63) is 101 Å². The molecule has 2 aromatic carbocycles. The van der Waals surface area contributed by atoms with E-state index in [-0.39, 0.29) is 0 Å². The van der Waals surface area contributed by atoms with Gasteiger partial charge < -0.3 is 0 Å². The molecule has 0 heteroatoms. The highest BCUT2D eigenvalue weighted by Gasteiger charge is 2.00. The van der Waals surface area contributed by atoms with Gasteiger partial charge in [0, 0.05) is 0 Å². The highest BCUT2D eigenvalue weighted by molar-refractivity contribution is 5.70. The summed E-state index contributed by atoms with van der Waals surface area (Å²) in [5.74, 6) is 0.669. The highest BCUT2D eigenvalue weighted by Crippen LogP contribution is 2.17. The van der Waals surface area contributed by atoms with Crippen LogP contribution in [-0.4, -0.2) is 0 Å². The van der Waals surface area contributed by atoms with Crippen LogP contribution < -0.4 is 0 Å². The molecule has 0 radical (unpaired) electrons. The largest absolute Gasteiger partial charge is 0.0808 e. The molecule has 0 aliphatic heterocycles. The molecule has 0 N–H and O–H groups in total. The third-order valence-electron chi connectivity index (χ3n) is 4.02. The first-order valence-electron chi connectivity index (χ1n) is 8.19. The number of hydrogen-bond acceptors (Lipinski definition) is 0. The van der Waals surface area contributed by atoms with Crippen molar-refractivity contribution in [2.45, 2.75) is 13.3 Å². The fraction of sp³-hybridized carbons (Fsp3) is 0.130. The van der Waals surface area contributed by atoms with Crippen molar-refractivity contribution < 1.29 is 0 Å². The van der Waals surface area contributed by atoms with Crippen LogP contribution >= 0.6 is 0 Å². The molecule has 0 aromatic heterocycles. The summed E-state index contributed by atoms with van der Waals surface area (Å²) in [5, 5.41) is 0. The van der Waals surface area contributed by atoms with E-state index in [4.69, 9.17) is 0 Å². The van der Waals surface area contributed by atoms with E-state index in [0.29, 0.717) is 5.92 Å². The Bertz CT molecular complexity index is 740. The maximum absolute atomic E-state index is 2.30. The molecule has 2 aromatic rings. The molecule has 0 saturated heterocycles. The number of benzene rings is 2. The summed E-state index contributed by atoms with van der Waals surface area (Å²) in [6.07, 6.45) is 16.6. The first-order chi connectivity index (χ1) is 11.3. The molecule has 0 amide bonds. The molecule has 3 rings (SSSR count). The summed E-state index contributed by atoms with van der Waals surface area (Å²) in [4.78, 5) is 0. The van der Waals surface area contributed by atoms with Crippen molar-refractivity contribution in [3.8, 4) is 0 Å². The lowest BCUT2D eigenvalue weighted by Gasteiger charge is -2.08. The number of allylic oxidation sites excluding steroid dienone is 5. The van der Waals surface area contributed by atoms with E-state index in [2.05, 4.69) is 98.0 Å². The molecule has 0 spiro atoms. The molecule has 114 valence electrons. The molecule has 0 nitrogen and oxygen atoms in total. The van der Waals surface area contributed by atoms with Crippen LogP contribution in [0.5, 0.6) is 0 Å². The van der Waals surface area contributed by atoms with Crippen molar-refractivity contribution in [1.82, 2.24) is 0 Å². The van der Waals surface area contributed by atoms with Crippen molar-refractivity contribution >= 4 is 18.2 Å². The third-order valence-corrected chi connectivity index (χ3v) is 4.02. The lowest BCUT2D eigenvalue weighted by molar-refractivity contribution is 0.733. The Morgan fingerprint density at radius 3 is 1.87 bits per heavy atom. The van der Waals surface area contributed by atoms with Crippen LogP contribution in [0.4, 0.5) is 0 Å². The van der Waals surface area contributed by atoms with Gasteiger partial charge in [-0.2, -0.15) is 0 Å². The van der Waals surface area contributed by atoms with E-state index in [1.54, 1.807) is 0 Å². The maximum atomic E-state index is 2.30. The average molecular weight is 298 g/mol. The van der Waals surface area contributed by atoms with Gasteiger partial charge >= 0.3 is 0 Å². The Morgan fingerprint density at radius 2 is 1.30 bits per heavy atom. The minimum absolute atomic E-state index is 0.669. The zero-order valence-electron chi connectivity index (χ0n) is 13.5. The Kier molecular flexibility index (Phi) is 5.06. The van der Waals surface area contributed by atoms with Gasteiger partial charge in [-0.3, -0.25) is 0 Å². The summed E-state index contributed by atoms with van der Waals surface area (Å²) in [6, 6.07) is 19.0. The third kappa shape index (κ3) is 4.69. The van der Waals surface area contributed by atoms with E-state index >= 15 is 0 Å². The fourth-order valence-electron chi connectivity index (χ4n) is 2.53. The van der Waals surface area contributed by atoms with Gasteiger partial charge in [-0.05, 0) is 34.6 Å². The molecule has 23 heavy (non-hydrogen) atoms. The summed E-state index contributed by atoms with van der Waals surface area (Å²) in [5.41, 5.74) is 4.98. The second-order valence-electron chi connectivity index (χ2n) is 6.02. The van der Waals surface area contributed by atoms with E-state index in [0.717, 1.165) is 6.42 Å². The summed E-state index contributed by atoms with van der Waals surface area (Å²) >= 11 is 0. The van der Waals surface area contributed by atoms with E-state index in [1.165, 1.54) is 22.3 Å². The summed E-state index contributed by atoms with van der Waals surface area (Å²) < 4.78 is 0. The van der Waals surface area contributed by atoms with Gasteiger partial charge in [-0.15, -0.1) is 0 Å². The fourth-order valence-corrected chi connectivity index (χ4v) is 2.53. The Labute approximate surface area is 139 Å². The Hall–Kier alpha value is -2.60. The van der Waals surface area contributed by atoms with Crippen LogP contribution in [0, 0.1) is 5.92 Å². The molecule has 1 unspecified atom stereocenters. The smallest absolute Gasteiger partial charge is 0.0224 e. The SMILES string of the molecule is CC1C=CC(/C=C/c2ccc(/C=C/c3ccccc3)cc2)=CC1. The minimum Gasteiger partial charge on any atom is -0.0808 e.